The molecule has 0 saturated carbocycles. The number of hydrogen-bond acceptors (Lipinski definition) is 1. The molecule has 0 fully saturated rings. The first-order chi connectivity index (χ1) is 7.60. The van der Waals surface area contributed by atoms with Crippen molar-refractivity contribution in [3.8, 4) is 0 Å². The third kappa shape index (κ3) is 3.01. The molecule has 0 heterocycles. The van der Waals surface area contributed by atoms with Crippen LogP contribution in [-0.2, 0) is 0 Å². The molecule has 1 rings (SSSR count). The topological polar surface area (TPSA) is 12.0 Å². The molecule has 0 aliphatic heterocycles. The molecule has 0 aliphatic carbocycles. The second kappa shape index (κ2) is 5.94. The second-order valence-electron chi connectivity index (χ2n) is 4.09. The van der Waals surface area contributed by atoms with Gasteiger partial charge in [0.25, 0.3) is 0 Å². The zero-order valence-corrected chi connectivity index (χ0v) is 10.1. The van der Waals surface area contributed by atoms with Gasteiger partial charge in [-0.15, -0.1) is 0 Å². The van der Waals surface area contributed by atoms with Crippen LogP contribution in [0.1, 0.15) is 38.8 Å². The first-order valence-corrected chi connectivity index (χ1v) is 5.78. The molecule has 2 atom stereocenters. The second-order valence-corrected chi connectivity index (χ2v) is 4.09. The normalized spacial score (nSPS) is 14.8. The maximum absolute atomic E-state index is 13.6. The van der Waals surface area contributed by atoms with Gasteiger partial charge in [0.1, 0.15) is 11.6 Å². The highest BCUT2D eigenvalue weighted by Gasteiger charge is 2.20. The summed E-state index contributed by atoms with van der Waals surface area (Å²) in [6.07, 6.45) is 0.953. The maximum atomic E-state index is 13.6. The summed E-state index contributed by atoms with van der Waals surface area (Å²) in [5, 5.41) is 3.25. The van der Waals surface area contributed by atoms with E-state index in [4.69, 9.17) is 0 Å². The zero-order valence-electron chi connectivity index (χ0n) is 10.1. The first kappa shape index (κ1) is 13.1. The van der Waals surface area contributed by atoms with Crippen molar-refractivity contribution >= 4 is 0 Å². The molecule has 1 nitrogen and oxygen atoms in total. The van der Waals surface area contributed by atoms with Crippen molar-refractivity contribution in [2.45, 2.75) is 33.2 Å². The van der Waals surface area contributed by atoms with Gasteiger partial charge in [-0.3, -0.25) is 0 Å². The van der Waals surface area contributed by atoms with Crippen LogP contribution in [0.15, 0.2) is 18.2 Å². The van der Waals surface area contributed by atoms with E-state index in [9.17, 15) is 8.78 Å². The lowest BCUT2D eigenvalue weighted by atomic mass is 9.92. The van der Waals surface area contributed by atoms with E-state index in [0.29, 0.717) is 11.5 Å². The molecule has 0 aliphatic rings. The van der Waals surface area contributed by atoms with Gasteiger partial charge in [-0.1, -0.05) is 33.3 Å². The molecule has 1 aromatic carbocycles. The van der Waals surface area contributed by atoms with Gasteiger partial charge in [-0.05, 0) is 18.5 Å². The Labute approximate surface area is 95.9 Å². The van der Waals surface area contributed by atoms with Crippen LogP contribution in [0.3, 0.4) is 0 Å². The van der Waals surface area contributed by atoms with Crippen molar-refractivity contribution in [3.63, 3.8) is 0 Å². The summed E-state index contributed by atoms with van der Waals surface area (Å²) in [6.45, 7) is 6.88. The zero-order chi connectivity index (χ0) is 12.1. The van der Waals surface area contributed by atoms with Crippen LogP contribution >= 0.6 is 0 Å². The molecule has 0 saturated heterocycles. The third-order valence-corrected chi connectivity index (χ3v) is 2.93. The van der Waals surface area contributed by atoms with E-state index in [2.05, 4.69) is 19.2 Å². The van der Waals surface area contributed by atoms with Gasteiger partial charge >= 0.3 is 0 Å². The molecule has 0 bridgehead atoms. The average molecular weight is 227 g/mol. The highest BCUT2D eigenvalue weighted by atomic mass is 19.1. The van der Waals surface area contributed by atoms with E-state index in [1.165, 1.54) is 12.1 Å². The minimum Gasteiger partial charge on any atom is -0.310 e. The summed E-state index contributed by atoms with van der Waals surface area (Å²) in [5.74, 6) is -0.674. The molecule has 0 aromatic heterocycles. The SMILES string of the molecule is CCNC(c1ccc(F)cc1F)C(C)CC. The highest BCUT2D eigenvalue weighted by Crippen LogP contribution is 2.26. The molecule has 2 unspecified atom stereocenters. The Morgan fingerprint density at radius 2 is 1.94 bits per heavy atom. The van der Waals surface area contributed by atoms with E-state index in [1.54, 1.807) is 0 Å². The molecule has 0 amide bonds. The monoisotopic (exact) mass is 227 g/mol. The predicted octanol–water partition coefficient (Wildman–Crippen LogP) is 3.66. The smallest absolute Gasteiger partial charge is 0.130 e. The van der Waals surface area contributed by atoms with E-state index >= 15 is 0 Å². The fourth-order valence-corrected chi connectivity index (χ4v) is 1.83. The Morgan fingerprint density at radius 3 is 2.44 bits per heavy atom. The Morgan fingerprint density at radius 1 is 1.25 bits per heavy atom. The van der Waals surface area contributed by atoms with E-state index in [1.807, 2.05) is 6.92 Å². The van der Waals surface area contributed by atoms with Crippen LogP contribution in [0.5, 0.6) is 0 Å². The number of hydrogen-bond donors (Lipinski definition) is 1. The summed E-state index contributed by atoms with van der Waals surface area (Å²) >= 11 is 0. The van der Waals surface area contributed by atoms with Gasteiger partial charge in [0.05, 0.1) is 0 Å². The predicted molar refractivity (Wildman–Crippen MR) is 62.2 cm³/mol. The minimum atomic E-state index is -0.527. The molecular weight excluding hydrogens is 208 g/mol. The number of benzene rings is 1. The van der Waals surface area contributed by atoms with Gasteiger partial charge < -0.3 is 5.32 Å². The van der Waals surface area contributed by atoms with Gasteiger partial charge in [0, 0.05) is 17.7 Å². The number of rotatable bonds is 5. The maximum Gasteiger partial charge on any atom is 0.130 e. The summed E-state index contributed by atoms with van der Waals surface area (Å²) in [6, 6.07) is 3.74. The third-order valence-electron chi connectivity index (χ3n) is 2.93. The summed E-state index contributed by atoms with van der Waals surface area (Å²) in [5.41, 5.74) is 0.553. The fraction of sp³-hybridized carbons (Fsp3) is 0.538. The van der Waals surface area contributed by atoms with Crippen LogP contribution in [-0.4, -0.2) is 6.54 Å². The van der Waals surface area contributed by atoms with Crippen LogP contribution in [0.4, 0.5) is 8.78 Å². The van der Waals surface area contributed by atoms with Crippen LogP contribution in [0.25, 0.3) is 0 Å². The van der Waals surface area contributed by atoms with Crippen LogP contribution in [0, 0.1) is 17.6 Å². The molecule has 1 N–H and O–H groups in total. The van der Waals surface area contributed by atoms with Crippen LogP contribution in [0.2, 0.25) is 0 Å². The van der Waals surface area contributed by atoms with Crippen molar-refractivity contribution in [1.29, 1.82) is 0 Å². The molecule has 0 spiro atoms. The molecule has 3 heteroatoms. The number of halogens is 2. The Bertz CT molecular complexity index is 339. The van der Waals surface area contributed by atoms with Gasteiger partial charge in [-0.25, -0.2) is 8.78 Å². The molecular formula is C13H19F2N. The van der Waals surface area contributed by atoms with E-state index in [0.717, 1.165) is 19.0 Å². The fourth-order valence-electron chi connectivity index (χ4n) is 1.83. The molecule has 1 aromatic rings. The summed E-state index contributed by atoms with van der Waals surface area (Å²) in [4.78, 5) is 0. The van der Waals surface area contributed by atoms with E-state index < -0.39 is 11.6 Å². The van der Waals surface area contributed by atoms with Gasteiger partial charge in [-0.2, -0.15) is 0 Å². The average Bonchev–Trinajstić information content (AvgIpc) is 2.26. The molecule has 0 radical (unpaired) electrons. The standard InChI is InChI=1S/C13H19F2N/c1-4-9(3)13(16-5-2)11-7-6-10(14)8-12(11)15/h6-9,13,16H,4-5H2,1-3H3. The van der Waals surface area contributed by atoms with Crippen molar-refractivity contribution < 1.29 is 8.78 Å². The van der Waals surface area contributed by atoms with Crippen molar-refractivity contribution in [1.82, 2.24) is 5.32 Å². The Kier molecular flexibility index (Phi) is 4.87. The number of nitrogens with one attached hydrogen (secondary N) is 1. The van der Waals surface area contributed by atoms with Crippen molar-refractivity contribution in [2.75, 3.05) is 6.54 Å². The lowest BCUT2D eigenvalue weighted by Crippen LogP contribution is -2.27. The van der Waals surface area contributed by atoms with Gasteiger partial charge in [0.2, 0.25) is 0 Å². The first-order valence-electron chi connectivity index (χ1n) is 5.78. The lowest BCUT2D eigenvalue weighted by Gasteiger charge is -2.24. The van der Waals surface area contributed by atoms with Crippen LogP contribution < -0.4 is 5.32 Å². The van der Waals surface area contributed by atoms with Crippen molar-refractivity contribution in [2.24, 2.45) is 5.92 Å². The van der Waals surface area contributed by atoms with Gasteiger partial charge in [0.15, 0.2) is 0 Å². The Balaban J connectivity index is 3.00. The largest absolute Gasteiger partial charge is 0.310 e. The molecule has 90 valence electrons. The quantitative estimate of drug-likeness (QED) is 0.809. The highest BCUT2D eigenvalue weighted by molar-refractivity contribution is 5.22. The lowest BCUT2D eigenvalue weighted by molar-refractivity contribution is 0.371. The summed E-state index contributed by atoms with van der Waals surface area (Å²) in [7, 11) is 0. The van der Waals surface area contributed by atoms with Crippen molar-refractivity contribution in [3.05, 3.63) is 35.4 Å². The Hall–Kier alpha value is -0.960. The molecule has 16 heavy (non-hydrogen) atoms. The summed E-state index contributed by atoms with van der Waals surface area (Å²) < 4.78 is 26.5. The van der Waals surface area contributed by atoms with E-state index in [-0.39, 0.29) is 6.04 Å². The minimum absolute atomic E-state index is 0.0457.